The molecule has 0 radical (unpaired) electrons. The molecular formula is C12H12BrFN2O. The molecule has 1 fully saturated rings. The van der Waals surface area contributed by atoms with Crippen molar-refractivity contribution in [3.8, 4) is 6.07 Å². The maximum atomic E-state index is 13.8. The van der Waals surface area contributed by atoms with Gasteiger partial charge in [0.15, 0.2) is 0 Å². The van der Waals surface area contributed by atoms with Gasteiger partial charge < -0.3 is 10.1 Å². The molecule has 90 valence electrons. The van der Waals surface area contributed by atoms with Crippen LogP contribution in [0.4, 0.5) is 10.1 Å². The van der Waals surface area contributed by atoms with E-state index in [1.807, 2.05) is 6.07 Å². The molecule has 0 aromatic heterocycles. The zero-order valence-corrected chi connectivity index (χ0v) is 10.8. The lowest BCUT2D eigenvalue weighted by Gasteiger charge is -2.24. The van der Waals surface area contributed by atoms with Crippen molar-refractivity contribution in [2.24, 2.45) is 0 Å². The number of anilines is 1. The van der Waals surface area contributed by atoms with Gasteiger partial charge in [0.05, 0.1) is 11.3 Å². The van der Waals surface area contributed by atoms with Gasteiger partial charge in [0.1, 0.15) is 11.9 Å². The Labute approximate surface area is 108 Å². The molecular weight excluding hydrogens is 287 g/mol. The number of ether oxygens (including phenoxy) is 1. The van der Waals surface area contributed by atoms with Crippen molar-refractivity contribution in [2.45, 2.75) is 18.9 Å². The quantitative estimate of drug-likeness (QED) is 0.913. The molecule has 1 heterocycles. The number of halogens is 2. The van der Waals surface area contributed by atoms with Gasteiger partial charge in [0.25, 0.3) is 0 Å². The third kappa shape index (κ3) is 2.96. The summed E-state index contributed by atoms with van der Waals surface area (Å²) in [6.07, 6.45) is 1.67. The number of nitrogens with zero attached hydrogens (tertiary/aromatic N) is 1. The van der Waals surface area contributed by atoms with Gasteiger partial charge in [0, 0.05) is 23.7 Å². The number of nitrogens with one attached hydrogen (secondary N) is 1. The molecule has 17 heavy (non-hydrogen) atoms. The van der Waals surface area contributed by atoms with Gasteiger partial charge in [-0.3, -0.25) is 0 Å². The zero-order valence-electron chi connectivity index (χ0n) is 9.17. The highest BCUT2D eigenvalue weighted by atomic mass is 79.9. The maximum Gasteiger partial charge on any atom is 0.148 e. The molecule has 0 aliphatic carbocycles. The van der Waals surface area contributed by atoms with Crippen LogP contribution in [0.3, 0.4) is 0 Å². The van der Waals surface area contributed by atoms with Crippen LogP contribution < -0.4 is 5.32 Å². The van der Waals surface area contributed by atoms with E-state index in [0.717, 1.165) is 12.8 Å². The average Bonchev–Trinajstić information content (AvgIpc) is 2.33. The van der Waals surface area contributed by atoms with Crippen LogP contribution in [0, 0.1) is 17.1 Å². The lowest BCUT2D eigenvalue weighted by atomic mass is 10.1. The van der Waals surface area contributed by atoms with Crippen molar-refractivity contribution in [2.75, 3.05) is 18.5 Å². The molecule has 3 nitrogen and oxygen atoms in total. The van der Waals surface area contributed by atoms with Crippen LogP contribution in [-0.2, 0) is 4.74 Å². The minimum Gasteiger partial charge on any atom is -0.381 e. The Morgan fingerprint density at radius 2 is 2.12 bits per heavy atom. The van der Waals surface area contributed by atoms with Crippen LogP contribution in [-0.4, -0.2) is 19.3 Å². The second-order valence-corrected chi connectivity index (χ2v) is 4.87. The van der Waals surface area contributed by atoms with Gasteiger partial charge >= 0.3 is 0 Å². The molecule has 0 atom stereocenters. The monoisotopic (exact) mass is 298 g/mol. The van der Waals surface area contributed by atoms with Crippen LogP contribution >= 0.6 is 15.9 Å². The molecule has 1 saturated heterocycles. The van der Waals surface area contributed by atoms with E-state index in [1.54, 1.807) is 6.07 Å². The first-order valence-corrected chi connectivity index (χ1v) is 6.23. The second kappa shape index (κ2) is 5.48. The molecule has 0 spiro atoms. The van der Waals surface area contributed by atoms with E-state index >= 15 is 0 Å². The molecule has 5 heteroatoms. The average molecular weight is 299 g/mol. The number of benzene rings is 1. The van der Waals surface area contributed by atoms with Crippen molar-refractivity contribution in [3.05, 3.63) is 28.0 Å². The zero-order chi connectivity index (χ0) is 12.3. The Morgan fingerprint density at radius 1 is 1.41 bits per heavy atom. The van der Waals surface area contributed by atoms with Crippen LogP contribution in [0.5, 0.6) is 0 Å². The number of nitriles is 1. The molecule has 0 amide bonds. The molecule has 1 aromatic rings. The first kappa shape index (κ1) is 12.3. The maximum absolute atomic E-state index is 13.8. The summed E-state index contributed by atoms with van der Waals surface area (Å²) >= 11 is 3.17. The standard InChI is InChI=1S/C12H12BrFN2O/c13-9-5-8(7-15)12(11(14)6-9)16-10-1-3-17-4-2-10/h5-6,10,16H,1-4H2. The second-order valence-electron chi connectivity index (χ2n) is 3.95. The highest BCUT2D eigenvalue weighted by molar-refractivity contribution is 9.10. The topological polar surface area (TPSA) is 45.0 Å². The van der Waals surface area contributed by atoms with Crippen molar-refractivity contribution >= 4 is 21.6 Å². The minimum absolute atomic E-state index is 0.173. The van der Waals surface area contributed by atoms with Crippen molar-refractivity contribution in [1.82, 2.24) is 0 Å². The normalized spacial score (nSPS) is 16.5. The summed E-state index contributed by atoms with van der Waals surface area (Å²) in [4.78, 5) is 0. The first-order valence-electron chi connectivity index (χ1n) is 5.44. The summed E-state index contributed by atoms with van der Waals surface area (Å²) in [5, 5.41) is 12.1. The summed E-state index contributed by atoms with van der Waals surface area (Å²) in [6, 6.07) is 5.16. The predicted molar refractivity (Wildman–Crippen MR) is 66.3 cm³/mol. The molecule has 2 rings (SSSR count). The van der Waals surface area contributed by atoms with Gasteiger partial charge in [-0.2, -0.15) is 5.26 Å². The lowest BCUT2D eigenvalue weighted by molar-refractivity contribution is 0.0904. The molecule has 1 aliphatic rings. The van der Waals surface area contributed by atoms with Gasteiger partial charge in [-0.15, -0.1) is 0 Å². The third-order valence-corrected chi connectivity index (χ3v) is 3.20. The fraction of sp³-hybridized carbons (Fsp3) is 0.417. The number of hydrogen-bond acceptors (Lipinski definition) is 3. The van der Waals surface area contributed by atoms with Gasteiger partial charge in [-0.1, -0.05) is 15.9 Å². The van der Waals surface area contributed by atoms with Crippen molar-refractivity contribution < 1.29 is 9.13 Å². The van der Waals surface area contributed by atoms with Crippen molar-refractivity contribution in [1.29, 1.82) is 5.26 Å². The fourth-order valence-electron chi connectivity index (χ4n) is 1.85. The SMILES string of the molecule is N#Cc1cc(Br)cc(F)c1NC1CCOCC1. The molecule has 0 bridgehead atoms. The van der Waals surface area contributed by atoms with E-state index in [4.69, 9.17) is 10.00 Å². The summed E-state index contributed by atoms with van der Waals surface area (Å²) in [5.41, 5.74) is 0.617. The molecule has 0 saturated carbocycles. The lowest BCUT2D eigenvalue weighted by Crippen LogP contribution is -2.28. The molecule has 1 aromatic carbocycles. The Morgan fingerprint density at radius 3 is 2.76 bits per heavy atom. The summed E-state index contributed by atoms with van der Waals surface area (Å²) in [5.74, 6) is -0.401. The molecule has 0 unspecified atom stereocenters. The number of hydrogen-bond donors (Lipinski definition) is 1. The fourth-order valence-corrected chi connectivity index (χ4v) is 2.28. The van der Waals surface area contributed by atoms with E-state index in [1.165, 1.54) is 6.07 Å². The number of rotatable bonds is 2. The van der Waals surface area contributed by atoms with Gasteiger partial charge in [-0.05, 0) is 25.0 Å². The van der Waals surface area contributed by atoms with E-state index in [0.29, 0.717) is 28.9 Å². The van der Waals surface area contributed by atoms with E-state index < -0.39 is 5.82 Å². The van der Waals surface area contributed by atoms with E-state index in [2.05, 4.69) is 21.2 Å². The Kier molecular flexibility index (Phi) is 3.97. The van der Waals surface area contributed by atoms with Crippen LogP contribution in [0.15, 0.2) is 16.6 Å². The molecule has 1 N–H and O–H groups in total. The van der Waals surface area contributed by atoms with Crippen LogP contribution in [0.1, 0.15) is 18.4 Å². The van der Waals surface area contributed by atoms with E-state index in [9.17, 15) is 4.39 Å². The highest BCUT2D eigenvalue weighted by Gasteiger charge is 2.17. The van der Waals surface area contributed by atoms with Crippen molar-refractivity contribution in [3.63, 3.8) is 0 Å². The predicted octanol–water partition coefficient (Wildman–Crippen LogP) is 3.05. The first-order chi connectivity index (χ1) is 8.20. The Hall–Kier alpha value is -1.12. The van der Waals surface area contributed by atoms with Crippen LogP contribution in [0.25, 0.3) is 0 Å². The Bertz CT molecular complexity index is 453. The van der Waals surface area contributed by atoms with E-state index in [-0.39, 0.29) is 6.04 Å². The Balaban J connectivity index is 2.22. The minimum atomic E-state index is -0.401. The summed E-state index contributed by atoms with van der Waals surface area (Å²) in [7, 11) is 0. The highest BCUT2D eigenvalue weighted by Crippen LogP contribution is 2.26. The molecule has 1 aliphatic heterocycles. The smallest absolute Gasteiger partial charge is 0.148 e. The van der Waals surface area contributed by atoms with Gasteiger partial charge in [-0.25, -0.2) is 4.39 Å². The summed E-state index contributed by atoms with van der Waals surface area (Å²) in [6.45, 7) is 1.36. The van der Waals surface area contributed by atoms with Crippen LogP contribution in [0.2, 0.25) is 0 Å². The summed E-state index contributed by atoms with van der Waals surface area (Å²) < 4.78 is 19.6. The largest absolute Gasteiger partial charge is 0.381 e. The third-order valence-electron chi connectivity index (χ3n) is 2.75. The van der Waals surface area contributed by atoms with Gasteiger partial charge in [0.2, 0.25) is 0 Å².